The summed E-state index contributed by atoms with van der Waals surface area (Å²) < 4.78 is 6.98. The maximum atomic E-state index is 12.2. The van der Waals surface area contributed by atoms with Crippen molar-refractivity contribution in [1.82, 2.24) is 4.90 Å². The number of hydrogen-bond acceptors (Lipinski definition) is 4. The van der Waals surface area contributed by atoms with Gasteiger partial charge in [-0.05, 0) is 51.4 Å². The highest BCUT2D eigenvalue weighted by Gasteiger charge is 2.19. The second-order valence-corrected chi connectivity index (χ2v) is 7.78. The molecule has 0 fully saturated rings. The van der Waals surface area contributed by atoms with Crippen LogP contribution in [-0.2, 0) is 4.74 Å². The van der Waals surface area contributed by atoms with E-state index in [-0.39, 0.29) is 11.8 Å². The Hall–Kier alpha value is 0.250. The molecule has 0 aliphatic heterocycles. The molecule has 1 rings (SSSR count). The van der Waals surface area contributed by atoms with E-state index in [1.165, 1.54) is 11.3 Å². The van der Waals surface area contributed by atoms with E-state index in [1.54, 1.807) is 7.11 Å². The van der Waals surface area contributed by atoms with Crippen LogP contribution < -0.4 is 0 Å². The Morgan fingerprint density at radius 1 is 1.56 bits per heavy atom. The Morgan fingerprint density at radius 2 is 2.22 bits per heavy atom. The molecule has 0 spiro atoms. The highest BCUT2D eigenvalue weighted by molar-refractivity contribution is 9.12. The lowest BCUT2D eigenvalue weighted by atomic mass is 10.2. The summed E-state index contributed by atoms with van der Waals surface area (Å²) in [6.45, 7) is 6.01. The van der Waals surface area contributed by atoms with E-state index in [9.17, 15) is 4.79 Å². The first-order valence-electron chi connectivity index (χ1n) is 5.70. The number of ether oxygens (including phenoxy) is 1. The van der Waals surface area contributed by atoms with Gasteiger partial charge in [0.15, 0.2) is 5.78 Å². The number of nitrogens with zero attached hydrogens (tertiary/aromatic N) is 1. The SMILES string of the molecule is CCN(CC(=O)c1cc(Br)sc1Br)C(C)COC. The summed E-state index contributed by atoms with van der Waals surface area (Å²) in [5, 5.41) is 0. The Labute approximate surface area is 129 Å². The molecule has 1 unspecified atom stereocenters. The molecule has 0 bridgehead atoms. The van der Waals surface area contributed by atoms with Crippen LogP contribution in [0.15, 0.2) is 13.6 Å². The van der Waals surface area contributed by atoms with Gasteiger partial charge < -0.3 is 4.74 Å². The summed E-state index contributed by atoms with van der Waals surface area (Å²) in [5.41, 5.74) is 0.745. The Bertz CT molecular complexity index is 409. The van der Waals surface area contributed by atoms with Crippen LogP contribution >= 0.6 is 43.2 Å². The third kappa shape index (κ3) is 4.42. The van der Waals surface area contributed by atoms with Crippen LogP contribution in [0, 0.1) is 0 Å². The summed E-state index contributed by atoms with van der Waals surface area (Å²) in [6.07, 6.45) is 0. The maximum absolute atomic E-state index is 12.2. The van der Waals surface area contributed by atoms with E-state index in [1.807, 2.05) is 6.07 Å². The number of Topliss-reactive ketones (excluding diaryl/α,β-unsaturated/α-hetero) is 1. The average molecular weight is 399 g/mol. The van der Waals surface area contributed by atoms with Crippen LogP contribution in [-0.4, -0.2) is 43.5 Å². The van der Waals surface area contributed by atoms with Gasteiger partial charge in [0.25, 0.3) is 0 Å². The van der Waals surface area contributed by atoms with Crippen molar-refractivity contribution in [2.75, 3.05) is 26.8 Å². The van der Waals surface area contributed by atoms with Crippen LogP contribution in [0.1, 0.15) is 24.2 Å². The predicted octanol–water partition coefficient (Wildman–Crippen LogP) is 3.81. The number of carbonyl (C=O) groups excluding carboxylic acids is 1. The highest BCUT2D eigenvalue weighted by atomic mass is 79.9. The van der Waals surface area contributed by atoms with Crippen molar-refractivity contribution in [1.29, 1.82) is 0 Å². The van der Waals surface area contributed by atoms with E-state index in [4.69, 9.17) is 4.74 Å². The summed E-state index contributed by atoms with van der Waals surface area (Å²) >= 11 is 8.33. The fraction of sp³-hybridized carbons (Fsp3) is 0.583. The van der Waals surface area contributed by atoms with Gasteiger partial charge in [-0.1, -0.05) is 6.92 Å². The minimum atomic E-state index is 0.133. The van der Waals surface area contributed by atoms with E-state index in [0.717, 1.165) is 19.7 Å². The number of ketones is 1. The van der Waals surface area contributed by atoms with Gasteiger partial charge in [0.05, 0.1) is 20.7 Å². The third-order valence-electron chi connectivity index (χ3n) is 2.74. The van der Waals surface area contributed by atoms with Crippen molar-refractivity contribution >= 4 is 49.0 Å². The largest absolute Gasteiger partial charge is 0.383 e. The Kier molecular flexibility index (Phi) is 7.02. The lowest BCUT2D eigenvalue weighted by Crippen LogP contribution is -2.39. The zero-order valence-electron chi connectivity index (χ0n) is 10.7. The maximum Gasteiger partial charge on any atom is 0.178 e. The van der Waals surface area contributed by atoms with Crippen molar-refractivity contribution in [2.45, 2.75) is 19.9 Å². The van der Waals surface area contributed by atoms with Crippen molar-refractivity contribution in [3.63, 3.8) is 0 Å². The number of hydrogen-bond donors (Lipinski definition) is 0. The number of likely N-dealkylation sites (N-methyl/N-ethyl adjacent to an activating group) is 1. The van der Waals surface area contributed by atoms with Crippen molar-refractivity contribution in [2.24, 2.45) is 0 Å². The van der Waals surface area contributed by atoms with E-state index >= 15 is 0 Å². The van der Waals surface area contributed by atoms with Crippen LogP contribution in [0.25, 0.3) is 0 Å². The first kappa shape index (κ1) is 16.3. The van der Waals surface area contributed by atoms with Crippen molar-refractivity contribution in [3.8, 4) is 0 Å². The molecular weight excluding hydrogens is 382 g/mol. The molecule has 0 radical (unpaired) electrons. The molecule has 0 N–H and O–H groups in total. The van der Waals surface area contributed by atoms with E-state index < -0.39 is 0 Å². The normalized spacial score (nSPS) is 13.0. The number of thiophene rings is 1. The first-order chi connectivity index (χ1) is 8.49. The molecule has 0 aliphatic carbocycles. The molecule has 0 saturated carbocycles. The van der Waals surface area contributed by atoms with E-state index in [0.29, 0.717) is 13.2 Å². The molecule has 0 aliphatic rings. The summed E-state index contributed by atoms with van der Waals surface area (Å²) in [5.74, 6) is 0.133. The molecule has 0 aromatic carbocycles. The van der Waals surface area contributed by atoms with Gasteiger partial charge in [0.2, 0.25) is 0 Å². The molecule has 0 saturated heterocycles. The van der Waals surface area contributed by atoms with Gasteiger partial charge in [-0.25, -0.2) is 0 Å². The lowest BCUT2D eigenvalue weighted by Gasteiger charge is -2.26. The summed E-state index contributed by atoms with van der Waals surface area (Å²) in [7, 11) is 1.68. The van der Waals surface area contributed by atoms with Gasteiger partial charge in [0.1, 0.15) is 0 Å². The van der Waals surface area contributed by atoms with Crippen LogP contribution in [0.2, 0.25) is 0 Å². The summed E-state index contributed by atoms with van der Waals surface area (Å²) in [4.78, 5) is 14.3. The second kappa shape index (κ2) is 7.75. The minimum absolute atomic E-state index is 0.133. The first-order valence-corrected chi connectivity index (χ1v) is 8.10. The van der Waals surface area contributed by atoms with Crippen LogP contribution in [0.4, 0.5) is 0 Å². The van der Waals surface area contributed by atoms with Gasteiger partial charge >= 0.3 is 0 Å². The molecule has 0 amide bonds. The molecule has 6 heteroatoms. The van der Waals surface area contributed by atoms with Gasteiger partial charge in [-0.2, -0.15) is 0 Å². The minimum Gasteiger partial charge on any atom is -0.383 e. The zero-order valence-corrected chi connectivity index (χ0v) is 14.7. The van der Waals surface area contributed by atoms with Gasteiger partial charge in [-0.3, -0.25) is 9.69 Å². The number of halogens is 2. The number of methoxy groups -OCH3 is 1. The predicted molar refractivity (Wildman–Crippen MR) is 82.6 cm³/mol. The lowest BCUT2D eigenvalue weighted by molar-refractivity contribution is 0.0788. The van der Waals surface area contributed by atoms with Crippen LogP contribution in [0.5, 0.6) is 0 Å². The Balaban J connectivity index is 2.70. The molecule has 1 atom stereocenters. The standard InChI is InChI=1S/C12H17Br2NO2S/c1-4-15(8(2)7-17-3)6-10(16)9-5-11(13)18-12(9)14/h5,8H,4,6-7H2,1-3H3. The average Bonchev–Trinajstić information content (AvgIpc) is 2.65. The highest BCUT2D eigenvalue weighted by Crippen LogP contribution is 2.32. The van der Waals surface area contributed by atoms with Gasteiger partial charge in [-0.15, -0.1) is 11.3 Å². The number of rotatable bonds is 7. The molecule has 18 heavy (non-hydrogen) atoms. The second-order valence-electron chi connectivity index (χ2n) is 4.03. The molecular formula is C12H17Br2NO2S. The number of carbonyl (C=O) groups is 1. The molecule has 1 aromatic heterocycles. The quantitative estimate of drug-likeness (QED) is 0.654. The third-order valence-corrected chi connectivity index (χ3v) is 5.08. The fourth-order valence-electron chi connectivity index (χ4n) is 1.73. The van der Waals surface area contributed by atoms with Gasteiger partial charge in [0, 0.05) is 18.7 Å². The smallest absolute Gasteiger partial charge is 0.178 e. The molecule has 3 nitrogen and oxygen atoms in total. The zero-order chi connectivity index (χ0) is 13.7. The molecule has 1 heterocycles. The van der Waals surface area contributed by atoms with E-state index in [2.05, 4.69) is 50.6 Å². The fourth-order valence-corrected chi connectivity index (χ4v) is 4.58. The molecule has 1 aromatic rings. The molecule has 102 valence electrons. The Morgan fingerprint density at radius 3 is 2.67 bits per heavy atom. The topological polar surface area (TPSA) is 29.5 Å². The monoisotopic (exact) mass is 397 g/mol. The van der Waals surface area contributed by atoms with Crippen LogP contribution in [0.3, 0.4) is 0 Å². The van der Waals surface area contributed by atoms with Crippen molar-refractivity contribution in [3.05, 3.63) is 19.2 Å². The summed E-state index contributed by atoms with van der Waals surface area (Å²) in [6, 6.07) is 2.11. The van der Waals surface area contributed by atoms with Crippen molar-refractivity contribution < 1.29 is 9.53 Å².